The first kappa shape index (κ1) is 18.2. The van der Waals surface area contributed by atoms with E-state index in [4.69, 9.17) is 9.47 Å². The van der Waals surface area contributed by atoms with Gasteiger partial charge in [-0.3, -0.25) is 9.59 Å². The molecule has 0 aliphatic rings. The monoisotopic (exact) mass is 371 g/mol. The molecule has 1 rings (SSSR count). The maximum Gasteiger partial charge on any atom is 0.338 e. The Morgan fingerprint density at radius 3 is 2.68 bits per heavy atom. The molecule has 0 aromatic heterocycles. The minimum Gasteiger partial charge on any atom is -0.466 e. The van der Waals surface area contributed by atoms with Gasteiger partial charge in [-0.25, -0.2) is 4.79 Å². The van der Waals surface area contributed by atoms with Crippen LogP contribution in [-0.2, 0) is 19.1 Å². The Morgan fingerprint density at radius 1 is 1.23 bits per heavy atom. The van der Waals surface area contributed by atoms with E-state index in [1.807, 2.05) is 0 Å². The van der Waals surface area contributed by atoms with Gasteiger partial charge in [0.1, 0.15) is 0 Å². The van der Waals surface area contributed by atoms with Gasteiger partial charge in [-0.15, -0.1) is 0 Å². The van der Waals surface area contributed by atoms with E-state index in [1.54, 1.807) is 31.2 Å². The zero-order valence-corrected chi connectivity index (χ0v) is 13.9. The standard InChI is InChI=1S/C15H18BrNO5/c1-2-21-14(19)7-4-8-17-13(18)10-22-15(20)11-5-3-6-12(16)9-11/h3,5-6,9H,2,4,7-8,10H2,1H3,(H,17,18). The molecule has 1 N–H and O–H groups in total. The third-order valence-electron chi connectivity index (χ3n) is 2.58. The largest absolute Gasteiger partial charge is 0.466 e. The Balaban J connectivity index is 2.20. The summed E-state index contributed by atoms with van der Waals surface area (Å²) in [6, 6.07) is 6.70. The minimum atomic E-state index is -0.567. The Bertz CT molecular complexity index is 532. The van der Waals surface area contributed by atoms with E-state index in [2.05, 4.69) is 21.2 Å². The van der Waals surface area contributed by atoms with E-state index in [1.165, 1.54) is 0 Å². The summed E-state index contributed by atoms with van der Waals surface area (Å²) in [7, 11) is 0. The lowest BCUT2D eigenvalue weighted by molar-refractivity contribution is -0.143. The molecule has 7 heteroatoms. The number of esters is 2. The molecule has 0 heterocycles. The highest BCUT2D eigenvalue weighted by Crippen LogP contribution is 2.12. The minimum absolute atomic E-state index is 0.242. The first-order valence-corrected chi connectivity index (χ1v) is 7.67. The van der Waals surface area contributed by atoms with E-state index in [0.717, 1.165) is 4.47 Å². The molecule has 0 saturated heterocycles. The van der Waals surface area contributed by atoms with Gasteiger partial charge in [-0.05, 0) is 31.5 Å². The maximum atomic E-state index is 11.7. The molecule has 0 spiro atoms. The number of ether oxygens (including phenoxy) is 2. The van der Waals surface area contributed by atoms with E-state index in [9.17, 15) is 14.4 Å². The number of hydrogen-bond acceptors (Lipinski definition) is 5. The average molecular weight is 372 g/mol. The van der Waals surface area contributed by atoms with Crippen molar-refractivity contribution in [3.8, 4) is 0 Å². The summed E-state index contributed by atoms with van der Waals surface area (Å²) in [5.74, 6) is -1.27. The van der Waals surface area contributed by atoms with Gasteiger partial charge in [0.2, 0.25) is 0 Å². The molecule has 0 aliphatic carbocycles. The van der Waals surface area contributed by atoms with Crippen LogP contribution in [-0.4, -0.2) is 37.6 Å². The SMILES string of the molecule is CCOC(=O)CCCNC(=O)COC(=O)c1cccc(Br)c1. The Kier molecular flexibility index (Phi) is 8.21. The van der Waals surface area contributed by atoms with Crippen LogP contribution < -0.4 is 5.32 Å². The van der Waals surface area contributed by atoms with Crippen molar-refractivity contribution in [2.75, 3.05) is 19.8 Å². The lowest BCUT2D eigenvalue weighted by Gasteiger charge is -2.07. The smallest absolute Gasteiger partial charge is 0.338 e. The van der Waals surface area contributed by atoms with Gasteiger partial charge >= 0.3 is 11.9 Å². The van der Waals surface area contributed by atoms with Crippen molar-refractivity contribution >= 4 is 33.8 Å². The van der Waals surface area contributed by atoms with Crippen molar-refractivity contribution in [2.45, 2.75) is 19.8 Å². The molecule has 0 atom stereocenters. The van der Waals surface area contributed by atoms with Crippen LogP contribution >= 0.6 is 15.9 Å². The fraction of sp³-hybridized carbons (Fsp3) is 0.400. The molecule has 1 amide bonds. The third-order valence-corrected chi connectivity index (χ3v) is 3.07. The topological polar surface area (TPSA) is 81.7 Å². The molecule has 0 radical (unpaired) electrons. The third kappa shape index (κ3) is 7.21. The Labute approximate surface area is 137 Å². The van der Waals surface area contributed by atoms with Crippen LogP contribution in [0.1, 0.15) is 30.1 Å². The van der Waals surface area contributed by atoms with E-state index in [0.29, 0.717) is 25.1 Å². The van der Waals surface area contributed by atoms with Crippen LogP contribution in [0.15, 0.2) is 28.7 Å². The summed E-state index contributed by atoms with van der Waals surface area (Å²) >= 11 is 3.25. The van der Waals surface area contributed by atoms with Crippen LogP contribution in [0, 0.1) is 0 Å². The second-order valence-corrected chi connectivity index (χ2v) is 5.26. The molecule has 0 saturated carbocycles. The van der Waals surface area contributed by atoms with Crippen LogP contribution in [0.5, 0.6) is 0 Å². The van der Waals surface area contributed by atoms with Crippen LogP contribution in [0.25, 0.3) is 0 Å². The predicted octanol–water partition coefficient (Wildman–Crippen LogP) is 2.07. The van der Waals surface area contributed by atoms with E-state index >= 15 is 0 Å². The maximum absolute atomic E-state index is 11.7. The number of amides is 1. The number of nitrogens with one attached hydrogen (secondary N) is 1. The highest BCUT2D eigenvalue weighted by atomic mass is 79.9. The highest BCUT2D eigenvalue weighted by molar-refractivity contribution is 9.10. The van der Waals surface area contributed by atoms with E-state index in [-0.39, 0.29) is 19.0 Å². The number of hydrogen-bond donors (Lipinski definition) is 1. The van der Waals surface area contributed by atoms with E-state index < -0.39 is 11.9 Å². The molecule has 0 fully saturated rings. The zero-order valence-electron chi connectivity index (χ0n) is 12.3. The molecule has 22 heavy (non-hydrogen) atoms. The van der Waals surface area contributed by atoms with Gasteiger partial charge in [0.25, 0.3) is 5.91 Å². The Morgan fingerprint density at radius 2 is 2.00 bits per heavy atom. The molecular weight excluding hydrogens is 354 g/mol. The van der Waals surface area contributed by atoms with Crippen LogP contribution in [0.4, 0.5) is 0 Å². The van der Waals surface area contributed by atoms with Crippen molar-refractivity contribution in [2.24, 2.45) is 0 Å². The van der Waals surface area contributed by atoms with Crippen molar-refractivity contribution in [1.82, 2.24) is 5.32 Å². The molecule has 6 nitrogen and oxygen atoms in total. The van der Waals surface area contributed by atoms with Gasteiger partial charge < -0.3 is 14.8 Å². The number of halogens is 1. The van der Waals surface area contributed by atoms with Crippen LogP contribution in [0.3, 0.4) is 0 Å². The summed E-state index contributed by atoms with van der Waals surface area (Å²) in [5.41, 5.74) is 0.365. The molecule has 1 aromatic rings. The molecule has 120 valence electrons. The zero-order chi connectivity index (χ0) is 16.4. The Hall–Kier alpha value is -1.89. The number of rotatable bonds is 8. The van der Waals surface area contributed by atoms with Crippen molar-refractivity contribution < 1.29 is 23.9 Å². The van der Waals surface area contributed by atoms with Gasteiger partial charge in [0.05, 0.1) is 12.2 Å². The van der Waals surface area contributed by atoms with Crippen LogP contribution in [0.2, 0.25) is 0 Å². The molecule has 0 bridgehead atoms. The fourth-order valence-corrected chi connectivity index (χ4v) is 1.97. The van der Waals surface area contributed by atoms with Gasteiger partial charge in [-0.2, -0.15) is 0 Å². The number of carbonyl (C=O) groups excluding carboxylic acids is 3. The predicted molar refractivity (Wildman–Crippen MR) is 83.3 cm³/mol. The molecular formula is C15H18BrNO5. The lowest BCUT2D eigenvalue weighted by atomic mass is 10.2. The normalized spacial score (nSPS) is 9.91. The molecule has 1 aromatic carbocycles. The number of benzene rings is 1. The molecule has 0 aliphatic heterocycles. The highest BCUT2D eigenvalue weighted by Gasteiger charge is 2.10. The first-order valence-electron chi connectivity index (χ1n) is 6.88. The molecule has 0 unspecified atom stereocenters. The van der Waals surface area contributed by atoms with Gasteiger partial charge in [0.15, 0.2) is 6.61 Å². The summed E-state index contributed by atoms with van der Waals surface area (Å²) in [4.78, 5) is 34.3. The average Bonchev–Trinajstić information content (AvgIpc) is 2.49. The van der Waals surface area contributed by atoms with Gasteiger partial charge in [-0.1, -0.05) is 22.0 Å². The van der Waals surface area contributed by atoms with Crippen molar-refractivity contribution in [1.29, 1.82) is 0 Å². The summed E-state index contributed by atoms with van der Waals surface area (Å²) < 4.78 is 10.4. The van der Waals surface area contributed by atoms with Gasteiger partial charge in [0, 0.05) is 17.4 Å². The summed E-state index contributed by atoms with van der Waals surface area (Å²) in [6.07, 6.45) is 0.718. The van der Waals surface area contributed by atoms with Crippen molar-refractivity contribution in [3.05, 3.63) is 34.3 Å². The number of carbonyl (C=O) groups is 3. The lowest BCUT2D eigenvalue weighted by Crippen LogP contribution is -2.30. The van der Waals surface area contributed by atoms with Crippen molar-refractivity contribution in [3.63, 3.8) is 0 Å². The second kappa shape index (κ2) is 9.94. The quantitative estimate of drug-likeness (QED) is 0.558. The second-order valence-electron chi connectivity index (χ2n) is 4.35. The fourth-order valence-electron chi connectivity index (χ4n) is 1.57. The first-order chi connectivity index (χ1) is 10.5. The summed E-state index contributed by atoms with van der Waals surface area (Å²) in [5, 5.41) is 2.57. The summed E-state index contributed by atoms with van der Waals surface area (Å²) in [6.45, 7) is 2.05.